The minimum atomic E-state index is -3.65. The van der Waals surface area contributed by atoms with Crippen LogP contribution in [-0.4, -0.2) is 32.0 Å². The Balaban J connectivity index is 1.42. The summed E-state index contributed by atoms with van der Waals surface area (Å²) in [7, 11) is -3.65. The highest BCUT2D eigenvalue weighted by Crippen LogP contribution is 2.29. The van der Waals surface area contributed by atoms with Crippen LogP contribution in [0.1, 0.15) is 34.5 Å². The molecule has 2 unspecified atom stereocenters. The van der Waals surface area contributed by atoms with Gasteiger partial charge in [-0.05, 0) is 48.4 Å². The summed E-state index contributed by atoms with van der Waals surface area (Å²) in [6, 6.07) is 18.3. The molecule has 9 heteroatoms. The molecule has 0 spiro atoms. The highest BCUT2D eigenvalue weighted by atomic mass is 32.2. The van der Waals surface area contributed by atoms with E-state index in [-0.39, 0.29) is 17.7 Å². The van der Waals surface area contributed by atoms with E-state index in [1.807, 2.05) is 37.3 Å². The van der Waals surface area contributed by atoms with Crippen LogP contribution >= 0.6 is 0 Å². The Labute approximate surface area is 197 Å². The van der Waals surface area contributed by atoms with Crippen LogP contribution in [0.5, 0.6) is 0 Å². The monoisotopic (exact) mass is 481 g/mol. The van der Waals surface area contributed by atoms with Gasteiger partial charge in [0, 0.05) is 5.56 Å². The largest absolute Gasteiger partial charge is 0.371 e. The molecule has 4 rings (SSSR count). The number of hydrogen-bond donors (Lipinski definition) is 3. The molecule has 0 fully saturated rings. The Morgan fingerprint density at radius 2 is 1.74 bits per heavy atom. The highest BCUT2D eigenvalue weighted by molar-refractivity contribution is 7.90. The fourth-order valence-corrected chi connectivity index (χ4v) is 5.32. The van der Waals surface area contributed by atoms with E-state index in [0.717, 1.165) is 5.56 Å². The van der Waals surface area contributed by atoms with Gasteiger partial charge in [-0.25, -0.2) is 12.8 Å². The van der Waals surface area contributed by atoms with Gasteiger partial charge in [0.05, 0.1) is 28.9 Å². The fraction of sp³-hybridized carbons (Fsp3) is 0.200. The molecule has 3 aromatic carbocycles. The molecular formula is C25H24FN3O4S. The minimum absolute atomic E-state index is 0.201. The number of benzene rings is 3. The standard InChI is InChI=1S/C25H24FN3O4S/c1-16(18-5-3-2-4-6-18)27-24(30)19-9-12-21-22(13-19)29-25(31)23(28-21)15-34(32,33)14-17-7-10-20(26)11-8-17/h2-13,16,23,28H,14-15H2,1H3,(H,27,30)(H,29,31). The number of sulfone groups is 1. The number of hydrogen-bond acceptors (Lipinski definition) is 5. The average molecular weight is 482 g/mol. The van der Waals surface area contributed by atoms with E-state index in [0.29, 0.717) is 22.5 Å². The van der Waals surface area contributed by atoms with Crippen molar-refractivity contribution in [3.05, 3.63) is 95.3 Å². The van der Waals surface area contributed by atoms with Crippen LogP contribution in [0.15, 0.2) is 72.8 Å². The van der Waals surface area contributed by atoms with Crippen molar-refractivity contribution in [2.45, 2.75) is 24.8 Å². The van der Waals surface area contributed by atoms with Gasteiger partial charge in [0.1, 0.15) is 11.9 Å². The number of carbonyl (C=O) groups excluding carboxylic acids is 2. The van der Waals surface area contributed by atoms with Crippen LogP contribution in [0.4, 0.5) is 15.8 Å². The number of halogens is 1. The van der Waals surface area contributed by atoms with Crippen molar-refractivity contribution in [1.29, 1.82) is 0 Å². The van der Waals surface area contributed by atoms with Gasteiger partial charge < -0.3 is 16.0 Å². The zero-order valence-electron chi connectivity index (χ0n) is 18.4. The molecule has 0 aliphatic carbocycles. The van der Waals surface area contributed by atoms with Gasteiger partial charge in [-0.3, -0.25) is 9.59 Å². The van der Waals surface area contributed by atoms with E-state index >= 15 is 0 Å². The SMILES string of the molecule is CC(NC(=O)c1ccc2c(c1)NC(=O)C(CS(=O)(=O)Cc1ccc(F)cc1)N2)c1ccccc1. The predicted octanol–water partition coefficient (Wildman–Crippen LogP) is 3.66. The molecule has 0 aromatic heterocycles. The first-order valence-corrected chi connectivity index (χ1v) is 12.5. The van der Waals surface area contributed by atoms with Crippen LogP contribution in [0.3, 0.4) is 0 Å². The summed E-state index contributed by atoms with van der Waals surface area (Å²) in [5, 5.41) is 8.56. The first-order valence-electron chi connectivity index (χ1n) is 10.7. The first kappa shape index (κ1) is 23.4. The van der Waals surface area contributed by atoms with E-state index in [1.165, 1.54) is 24.3 Å². The van der Waals surface area contributed by atoms with E-state index in [1.54, 1.807) is 18.2 Å². The summed E-state index contributed by atoms with van der Waals surface area (Å²) in [5.74, 6) is -1.98. The summed E-state index contributed by atoms with van der Waals surface area (Å²) in [5.41, 5.74) is 2.70. The van der Waals surface area contributed by atoms with Crippen molar-refractivity contribution in [1.82, 2.24) is 5.32 Å². The molecule has 3 N–H and O–H groups in total. The van der Waals surface area contributed by atoms with Gasteiger partial charge in [-0.1, -0.05) is 42.5 Å². The molecule has 0 saturated heterocycles. The molecule has 0 bridgehead atoms. The van der Waals surface area contributed by atoms with Crippen LogP contribution in [0.2, 0.25) is 0 Å². The quantitative estimate of drug-likeness (QED) is 0.478. The smallest absolute Gasteiger partial charge is 0.251 e. The highest BCUT2D eigenvalue weighted by Gasteiger charge is 2.30. The van der Waals surface area contributed by atoms with Gasteiger partial charge >= 0.3 is 0 Å². The van der Waals surface area contributed by atoms with Crippen molar-refractivity contribution in [2.24, 2.45) is 0 Å². The summed E-state index contributed by atoms with van der Waals surface area (Å²) in [6.45, 7) is 1.88. The minimum Gasteiger partial charge on any atom is -0.371 e. The number of rotatable bonds is 7. The van der Waals surface area contributed by atoms with Crippen LogP contribution in [0, 0.1) is 5.82 Å². The third-order valence-corrected chi connectivity index (χ3v) is 7.17. The van der Waals surface area contributed by atoms with Crippen LogP contribution < -0.4 is 16.0 Å². The Hall–Kier alpha value is -3.72. The van der Waals surface area contributed by atoms with E-state index in [4.69, 9.17) is 0 Å². The Morgan fingerprint density at radius 1 is 1.03 bits per heavy atom. The molecule has 3 aromatic rings. The maximum Gasteiger partial charge on any atom is 0.251 e. The Kier molecular flexibility index (Phi) is 6.65. The number of carbonyl (C=O) groups is 2. The van der Waals surface area contributed by atoms with E-state index in [2.05, 4.69) is 16.0 Å². The topological polar surface area (TPSA) is 104 Å². The second-order valence-corrected chi connectivity index (χ2v) is 10.3. The normalized spacial score (nSPS) is 16.1. The molecule has 1 heterocycles. The molecule has 176 valence electrons. The molecular weight excluding hydrogens is 457 g/mol. The fourth-order valence-electron chi connectivity index (χ4n) is 3.76. The van der Waals surface area contributed by atoms with Gasteiger partial charge in [0.15, 0.2) is 9.84 Å². The third-order valence-electron chi connectivity index (χ3n) is 5.55. The van der Waals surface area contributed by atoms with Crippen molar-refractivity contribution in [3.8, 4) is 0 Å². The zero-order valence-corrected chi connectivity index (χ0v) is 19.2. The Morgan fingerprint density at radius 3 is 2.44 bits per heavy atom. The van der Waals surface area contributed by atoms with Gasteiger partial charge in [-0.15, -0.1) is 0 Å². The summed E-state index contributed by atoms with van der Waals surface area (Å²) < 4.78 is 38.3. The first-order chi connectivity index (χ1) is 16.2. The summed E-state index contributed by atoms with van der Waals surface area (Å²) in [6.07, 6.45) is 0. The molecule has 0 saturated carbocycles. The second-order valence-electron chi connectivity index (χ2n) is 8.23. The molecule has 34 heavy (non-hydrogen) atoms. The number of fused-ring (bicyclic) bond motifs is 1. The van der Waals surface area contributed by atoms with Crippen LogP contribution in [-0.2, 0) is 20.4 Å². The molecule has 2 atom stereocenters. The van der Waals surface area contributed by atoms with Crippen LogP contribution in [0.25, 0.3) is 0 Å². The molecule has 0 radical (unpaired) electrons. The number of nitrogens with one attached hydrogen (secondary N) is 3. The second kappa shape index (κ2) is 9.64. The third kappa shape index (κ3) is 5.60. The van der Waals surface area contributed by atoms with Gasteiger partial charge in [0.2, 0.25) is 5.91 Å². The van der Waals surface area contributed by atoms with E-state index < -0.39 is 33.4 Å². The van der Waals surface area contributed by atoms with Crippen molar-refractivity contribution >= 4 is 33.0 Å². The average Bonchev–Trinajstić information content (AvgIpc) is 2.81. The van der Waals surface area contributed by atoms with Crippen molar-refractivity contribution in [3.63, 3.8) is 0 Å². The lowest BCUT2D eigenvalue weighted by Crippen LogP contribution is -2.43. The lowest BCUT2D eigenvalue weighted by Gasteiger charge is -2.27. The maximum atomic E-state index is 13.1. The van der Waals surface area contributed by atoms with E-state index in [9.17, 15) is 22.4 Å². The maximum absolute atomic E-state index is 13.1. The Bertz CT molecular complexity index is 1310. The van der Waals surface area contributed by atoms with Gasteiger partial charge in [0.25, 0.3) is 5.91 Å². The lowest BCUT2D eigenvalue weighted by molar-refractivity contribution is -0.116. The lowest BCUT2D eigenvalue weighted by atomic mass is 10.1. The van der Waals surface area contributed by atoms with Crippen molar-refractivity contribution in [2.75, 3.05) is 16.4 Å². The van der Waals surface area contributed by atoms with Gasteiger partial charge in [-0.2, -0.15) is 0 Å². The molecule has 2 amide bonds. The number of amides is 2. The molecule has 1 aliphatic heterocycles. The van der Waals surface area contributed by atoms with Crippen molar-refractivity contribution < 1.29 is 22.4 Å². The molecule has 7 nitrogen and oxygen atoms in total. The number of anilines is 2. The zero-order chi connectivity index (χ0) is 24.3. The molecule has 1 aliphatic rings. The summed E-state index contributed by atoms with van der Waals surface area (Å²) >= 11 is 0. The summed E-state index contributed by atoms with van der Waals surface area (Å²) in [4.78, 5) is 25.3. The predicted molar refractivity (Wildman–Crippen MR) is 129 cm³/mol.